The number of carbonyl (C=O) groups is 2. The number of hydrogen-bond acceptors (Lipinski definition) is 4. The highest BCUT2D eigenvalue weighted by molar-refractivity contribution is 7.12. The van der Waals surface area contributed by atoms with Crippen molar-refractivity contribution in [2.45, 2.75) is 13.0 Å². The van der Waals surface area contributed by atoms with E-state index in [1.165, 1.54) is 11.3 Å². The van der Waals surface area contributed by atoms with E-state index in [2.05, 4.69) is 15.7 Å². The van der Waals surface area contributed by atoms with Gasteiger partial charge in [-0.3, -0.25) is 9.59 Å². The van der Waals surface area contributed by atoms with Gasteiger partial charge in [0.1, 0.15) is 5.82 Å². The van der Waals surface area contributed by atoms with Gasteiger partial charge in [0.25, 0.3) is 5.91 Å². The van der Waals surface area contributed by atoms with E-state index in [0.29, 0.717) is 27.3 Å². The summed E-state index contributed by atoms with van der Waals surface area (Å²) < 4.78 is 1.64. The molecule has 140 valence electrons. The van der Waals surface area contributed by atoms with Gasteiger partial charge in [-0.05, 0) is 29.1 Å². The second-order valence-corrected chi connectivity index (χ2v) is 7.43. The molecule has 0 aliphatic heterocycles. The molecule has 0 atom stereocenters. The SMILES string of the molecule is O=C(CCNC(=O)c1cccs1)Nc1ccnn1Cc1ccc(Cl)cc1Cl. The van der Waals surface area contributed by atoms with Crippen molar-refractivity contribution in [3.63, 3.8) is 0 Å². The maximum atomic E-state index is 12.2. The zero-order valence-electron chi connectivity index (χ0n) is 14.1. The van der Waals surface area contributed by atoms with Gasteiger partial charge in [-0.2, -0.15) is 5.10 Å². The number of benzene rings is 1. The average Bonchev–Trinajstić information content (AvgIpc) is 3.30. The molecule has 3 rings (SSSR count). The molecule has 27 heavy (non-hydrogen) atoms. The number of amides is 2. The molecule has 0 unspecified atom stereocenters. The molecule has 1 aromatic carbocycles. The summed E-state index contributed by atoms with van der Waals surface area (Å²) in [5.41, 5.74) is 0.837. The zero-order valence-corrected chi connectivity index (χ0v) is 16.4. The number of anilines is 1. The fourth-order valence-electron chi connectivity index (χ4n) is 2.37. The Morgan fingerprint density at radius 2 is 2.04 bits per heavy atom. The molecule has 2 amide bonds. The second-order valence-electron chi connectivity index (χ2n) is 5.64. The van der Waals surface area contributed by atoms with Crippen molar-refractivity contribution in [2.24, 2.45) is 0 Å². The van der Waals surface area contributed by atoms with E-state index < -0.39 is 0 Å². The molecule has 0 radical (unpaired) electrons. The van der Waals surface area contributed by atoms with Crippen LogP contribution in [0.25, 0.3) is 0 Å². The molecule has 6 nitrogen and oxygen atoms in total. The van der Waals surface area contributed by atoms with Gasteiger partial charge in [0.05, 0.1) is 17.6 Å². The third-order valence-corrected chi connectivity index (χ3v) is 5.16. The molecule has 2 heterocycles. The van der Waals surface area contributed by atoms with E-state index in [1.54, 1.807) is 41.2 Å². The van der Waals surface area contributed by atoms with Crippen molar-refractivity contribution in [3.05, 3.63) is 68.5 Å². The third kappa shape index (κ3) is 5.32. The predicted molar refractivity (Wildman–Crippen MR) is 108 cm³/mol. The Morgan fingerprint density at radius 3 is 2.78 bits per heavy atom. The summed E-state index contributed by atoms with van der Waals surface area (Å²) in [7, 11) is 0. The van der Waals surface area contributed by atoms with Crippen LogP contribution in [0.5, 0.6) is 0 Å². The number of carbonyl (C=O) groups excluding carboxylic acids is 2. The van der Waals surface area contributed by atoms with Gasteiger partial charge in [-0.15, -0.1) is 11.3 Å². The minimum absolute atomic E-state index is 0.157. The molecule has 0 fully saturated rings. The lowest BCUT2D eigenvalue weighted by atomic mass is 10.2. The average molecular weight is 423 g/mol. The number of halogens is 2. The molecule has 3 aromatic rings. The molecule has 9 heteroatoms. The van der Waals surface area contributed by atoms with E-state index in [0.717, 1.165) is 5.56 Å². The molecule has 0 spiro atoms. The highest BCUT2D eigenvalue weighted by atomic mass is 35.5. The third-order valence-electron chi connectivity index (χ3n) is 3.70. The first kappa shape index (κ1) is 19.4. The summed E-state index contributed by atoms with van der Waals surface area (Å²) in [6.45, 7) is 0.646. The fraction of sp³-hybridized carbons (Fsp3) is 0.167. The van der Waals surface area contributed by atoms with Crippen LogP contribution in [0.15, 0.2) is 48.0 Å². The number of thiophene rings is 1. The van der Waals surface area contributed by atoms with Crippen LogP contribution in [0.1, 0.15) is 21.7 Å². The highest BCUT2D eigenvalue weighted by Gasteiger charge is 2.11. The second kappa shape index (κ2) is 9.03. The Labute approximate surface area is 170 Å². The number of nitrogens with one attached hydrogen (secondary N) is 2. The zero-order chi connectivity index (χ0) is 19.2. The van der Waals surface area contributed by atoms with Gasteiger partial charge in [-0.25, -0.2) is 4.68 Å². The minimum Gasteiger partial charge on any atom is -0.351 e. The highest BCUT2D eigenvalue weighted by Crippen LogP contribution is 2.22. The van der Waals surface area contributed by atoms with Crippen molar-refractivity contribution >= 4 is 52.2 Å². The maximum Gasteiger partial charge on any atom is 0.261 e. The molecule has 0 bridgehead atoms. The Hall–Kier alpha value is -2.35. The molecular formula is C18H16Cl2N4O2S. The molecule has 0 aliphatic carbocycles. The number of rotatable bonds is 7. The first-order valence-electron chi connectivity index (χ1n) is 8.10. The van der Waals surface area contributed by atoms with Crippen LogP contribution in [-0.4, -0.2) is 28.1 Å². The van der Waals surface area contributed by atoms with Crippen molar-refractivity contribution < 1.29 is 9.59 Å². The molecule has 0 aliphatic rings. The Bertz CT molecular complexity index is 941. The summed E-state index contributed by atoms with van der Waals surface area (Å²) in [4.78, 5) is 24.6. The Balaban J connectivity index is 1.53. The summed E-state index contributed by atoms with van der Waals surface area (Å²) in [6.07, 6.45) is 1.75. The normalized spacial score (nSPS) is 10.6. The fourth-order valence-corrected chi connectivity index (χ4v) is 3.47. The Morgan fingerprint density at radius 1 is 1.19 bits per heavy atom. The largest absolute Gasteiger partial charge is 0.351 e. The summed E-state index contributed by atoms with van der Waals surface area (Å²) >= 11 is 13.5. The predicted octanol–water partition coefficient (Wildman–Crippen LogP) is 4.06. The van der Waals surface area contributed by atoms with Crippen molar-refractivity contribution in [1.29, 1.82) is 0 Å². The quantitative estimate of drug-likeness (QED) is 0.602. The number of nitrogens with zero attached hydrogens (tertiary/aromatic N) is 2. The first-order valence-corrected chi connectivity index (χ1v) is 9.74. The van der Waals surface area contributed by atoms with E-state index >= 15 is 0 Å². The van der Waals surface area contributed by atoms with E-state index in [4.69, 9.17) is 23.2 Å². The lowest BCUT2D eigenvalue weighted by Crippen LogP contribution is -2.27. The molecular weight excluding hydrogens is 407 g/mol. The van der Waals surface area contributed by atoms with Gasteiger partial charge in [0.15, 0.2) is 0 Å². The van der Waals surface area contributed by atoms with E-state index in [9.17, 15) is 9.59 Å². The first-order chi connectivity index (χ1) is 13.0. The molecule has 2 N–H and O–H groups in total. The van der Waals surface area contributed by atoms with Crippen LogP contribution in [0.2, 0.25) is 10.0 Å². The van der Waals surface area contributed by atoms with Crippen LogP contribution in [0.3, 0.4) is 0 Å². The van der Waals surface area contributed by atoms with Crippen molar-refractivity contribution in [3.8, 4) is 0 Å². The lowest BCUT2D eigenvalue weighted by Gasteiger charge is -2.10. The van der Waals surface area contributed by atoms with Gasteiger partial charge >= 0.3 is 0 Å². The van der Waals surface area contributed by atoms with Crippen molar-refractivity contribution in [2.75, 3.05) is 11.9 Å². The molecule has 0 saturated heterocycles. The minimum atomic E-state index is -0.217. The summed E-state index contributed by atoms with van der Waals surface area (Å²) in [5.74, 6) is 0.154. The topological polar surface area (TPSA) is 76.0 Å². The molecule has 0 saturated carbocycles. The lowest BCUT2D eigenvalue weighted by molar-refractivity contribution is -0.116. The standard InChI is InChI=1S/C18H16Cl2N4O2S/c19-13-4-3-12(14(20)10-13)11-24-16(5-8-22-24)23-17(25)6-7-21-18(26)15-2-1-9-27-15/h1-5,8-10H,6-7,11H2,(H,21,26)(H,23,25). The van der Waals surface area contributed by atoms with E-state index in [-0.39, 0.29) is 24.8 Å². The van der Waals surface area contributed by atoms with Gasteiger partial charge in [-0.1, -0.05) is 35.3 Å². The van der Waals surface area contributed by atoms with Crippen LogP contribution >= 0.6 is 34.5 Å². The Kier molecular flexibility index (Phi) is 6.49. The smallest absolute Gasteiger partial charge is 0.261 e. The van der Waals surface area contributed by atoms with Crippen molar-refractivity contribution in [1.82, 2.24) is 15.1 Å². The van der Waals surface area contributed by atoms with Gasteiger partial charge in [0, 0.05) is 29.1 Å². The molecule has 2 aromatic heterocycles. The number of aromatic nitrogens is 2. The maximum absolute atomic E-state index is 12.2. The van der Waals surface area contributed by atoms with Gasteiger partial charge < -0.3 is 10.6 Å². The van der Waals surface area contributed by atoms with Gasteiger partial charge in [0.2, 0.25) is 5.91 Å². The van der Waals surface area contributed by atoms with Crippen LogP contribution in [-0.2, 0) is 11.3 Å². The van der Waals surface area contributed by atoms with Crippen LogP contribution in [0, 0.1) is 0 Å². The van der Waals surface area contributed by atoms with Crippen LogP contribution in [0.4, 0.5) is 5.82 Å². The van der Waals surface area contributed by atoms with E-state index in [1.807, 2.05) is 11.4 Å². The monoisotopic (exact) mass is 422 g/mol. The number of hydrogen-bond donors (Lipinski definition) is 2. The summed E-state index contributed by atoms with van der Waals surface area (Å²) in [5, 5.41) is 12.6. The summed E-state index contributed by atoms with van der Waals surface area (Å²) in [6, 6.07) is 10.5. The van der Waals surface area contributed by atoms with Crippen LogP contribution < -0.4 is 10.6 Å².